The standard InChI is InChI=1S/C21H24FN3O2/c22-18-6-3-17-14-25(11-9-16(17)13-18)10-1-2-12-27-20-8-5-15-4-7-19(26)23-21(15)24-20/h3,5-6,8,13H,1-2,4,7,9-12,14H2,(H,23,24,26). The zero-order valence-electron chi connectivity index (χ0n) is 15.3. The van der Waals surface area contributed by atoms with Crippen LogP contribution in [0.5, 0.6) is 5.88 Å². The van der Waals surface area contributed by atoms with E-state index in [1.807, 2.05) is 18.2 Å². The van der Waals surface area contributed by atoms with Crippen molar-refractivity contribution in [3.63, 3.8) is 0 Å². The second kappa shape index (κ2) is 8.05. The van der Waals surface area contributed by atoms with Gasteiger partial charge in [-0.05, 0) is 67.1 Å². The lowest BCUT2D eigenvalue weighted by molar-refractivity contribution is -0.116. The van der Waals surface area contributed by atoms with E-state index in [4.69, 9.17) is 4.74 Å². The smallest absolute Gasteiger partial charge is 0.225 e. The Labute approximate surface area is 158 Å². The van der Waals surface area contributed by atoms with Crippen LogP contribution in [0.2, 0.25) is 0 Å². The number of carbonyl (C=O) groups is 1. The minimum atomic E-state index is -0.144. The van der Waals surface area contributed by atoms with Crippen molar-refractivity contribution < 1.29 is 13.9 Å². The Kier molecular flexibility index (Phi) is 5.34. The average molecular weight is 369 g/mol. The maximum Gasteiger partial charge on any atom is 0.225 e. The molecule has 0 unspecified atom stereocenters. The van der Waals surface area contributed by atoms with Crippen LogP contribution in [0.15, 0.2) is 30.3 Å². The Morgan fingerprint density at radius 3 is 2.89 bits per heavy atom. The van der Waals surface area contributed by atoms with Gasteiger partial charge in [-0.25, -0.2) is 4.39 Å². The fourth-order valence-corrected chi connectivity index (χ4v) is 3.69. The number of halogens is 1. The van der Waals surface area contributed by atoms with Crippen LogP contribution in [0.4, 0.5) is 10.2 Å². The predicted octanol–water partition coefficient (Wildman–Crippen LogP) is 3.32. The molecule has 4 rings (SSSR count). The third-order valence-corrected chi connectivity index (χ3v) is 5.21. The van der Waals surface area contributed by atoms with Crippen LogP contribution in [0, 0.1) is 5.82 Å². The van der Waals surface area contributed by atoms with Gasteiger partial charge in [-0.3, -0.25) is 9.69 Å². The average Bonchev–Trinajstić information content (AvgIpc) is 2.67. The van der Waals surface area contributed by atoms with Crippen LogP contribution < -0.4 is 10.1 Å². The SMILES string of the molecule is O=C1CCc2ccc(OCCCCN3CCc4cc(F)ccc4C3)nc2N1. The van der Waals surface area contributed by atoms with Crippen LogP contribution in [0.25, 0.3) is 0 Å². The van der Waals surface area contributed by atoms with E-state index in [0.717, 1.165) is 56.4 Å². The fraction of sp³-hybridized carbons (Fsp3) is 0.429. The van der Waals surface area contributed by atoms with Gasteiger partial charge in [0.2, 0.25) is 11.8 Å². The molecule has 2 aliphatic rings. The Morgan fingerprint density at radius 2 is 1.96 bits per heavy atom. The highest BCUT2D eigenvalue weighted by Crippen LogP contribution is 2.23. The molecule has 3 heterocycles. The minimum Gasteiger partial charge on any atom is -0.478 e. The first-order valence-corrected chi connectivity index (χ1v) is 9.59. The number of hydrogen-bond donors (Lipinski definition) is 1. The summed E-state index contributed by atoms with van der Waals surface area (Å²) in [5.41, 5.74) is 3.44. The van der Waals surface area contributed by atoms with Crippen molar-refractivity contribution in [2.75, 3.05) is 25.0 Å². The highest BCUT2D eigenvalue weighted by molar-refractivity contribution is 5.92. The molecule has 2 aliphatic heterocycles. The Balaban J connectivity index is 1.19. The second-order valence-corrected chi connectivity index (χ2v) is 7.20. The number of nitrogens with one attached hydrogen (secondary N) is 1. The highest BCUT2D eigenvalue weighted by atomic mass is 19.1. The molecule has 1 aromatic heterocycles. The quantitative estimate of drug-likeness (QED) is 0.794. The highest BCUT2D eigenvalue weighted by Gasteiger charge is 2.17. The summed E-state index contributed by atoms with van der Waals surface area (Å²) in [7, 11) is 0. The number of aryl methyl sites for hydroxylation is 1. The molecule has 0 spiro atoms. The monoisotopic (exact) mass is 369 g/mol. The number of fused-ring (bicyclic) bond motifs is 2. The summed E-state index contributed by atoms with van der Waals surface area (Å²) in [6.45, 7) is 3.48. The first-order valence-electron chi connectivity index (χ1n) is 9.59. The number of nitrogens with zero attached hydrogens (tertiary/aromatic N) is 2. The van der Waals surface area contributed by atoms with Crippen LogP contribution in [0.1, 0.15) is 36.0 Å². The van der Waals surface area contributed by atoms with Gasteiger partial charge in [0.15, 0.2) is 0 Å². The number of anilines is 1. The molecule has 27 heavy (non-hydrogen) atoms. The molecular formula is C21H24FN3O2. The number of carbonyl (C=O) groups excluding carboxylic acids is 1. The van der Waals surface area contributed by atoms with Gasteiger partial charge in [0.1, 0.15) is 11.6 Å². The molecule has 5 nitrogen and oxygen atoms in total. The number of aromatic nitrogens is 1. The summed E-state index contributed by atoms with van der Waals surface area (Å²) in [6, 6.07) is 8.96. The van der Waals surface area contributed by atoms with E-state index in [2.05, 4.69) is 15.2 Å². The largest absolute Gasteiger partial charge is 0.478 e. The number of hydrogen-bond acceptors (Lipinski definition) is 4. The maximum absolute atomic E-state index is 13.3. The molecule has 142 valence electrons. The van der Waals surface area contributed by atoms with Crippen molar-refractivity contribution in [3.8, 4) is 5.88 Å². The second-order valence-electron chi connectivity index (χ2n) is 7.20. The van der Waals surface area contributed by atoms with Gasteiger partial charge in [0.25, 0.3) is 0 Å². The zero-order valence-corrected chi connectivity index (χ0v) is 15.3. The number of benzene rings is 1. The predicted molar refractivity (Wildman–Crippen MR) is 101 cm³/mol. The summed E-state index contributed by atoms with van der Waals surface area (Å²) in [6.07, 6.45) is 4.15. The van der Waals surface area contributed by atoms with Gasteiger partial charge in [-0.2, -0.15) is 4.98 Å². The van der Waals surface area contributed by atoms with E-state index in [0.29, 0.717) is 24.7 Å². The van der Waals surface area contributed by atoms with Crippen LogP contribution in [-0.2, 0) is 24.2 Å². The van der Waals surface area contributed by atoms with E-state index in [1.54, 1.807) is 12.1 Å². The number of unbranched alkanes of at least 4 members (excludes halogenated alkanes) is 1. The van der Waals surface area contributed by atoms with Crippen LogP contribution in [-0.4, -0.2) is 35.5 Å². The lowest BCUT2D eigenvalue weighted by atomic mass is 9.99. The van der Waals surface area contributed by atoms with Crippen molar-refractivity contribution in [3.05, 3.63) is 52.8 Å². The number of ether oxygens (including phenoxy) is 1. The minimum absolute atomic E-state index is 0.0120. The summed E-state index contributed by atoms with van der Waals surface area (Å²) >= 11 is 0. The summed E-state index contributed by atoms with van der Waals surface area (Å²) < 4.78 is 19.0. The molecule has 0 fully saturated rings. The zero-order chi connectivity index (χ0) is 18.6. The summed E-state index contributed by atoms with van der Waals surface area (Å²) in [5, 5.41) is 2.80. The molecule has 0 saturated heterocycles. The van der Waals surface area contributed by atoms with Crippen molar-refractivity contribution in [2.45, 2.75) is 38.6 Å². The molecular weight excluding hydrogens is 345 g/mol. The molecule has 0 bridgehead atoms. The Morgan fingerprint density at radius 1 is 1.07 bits per heavy atom. The van der Waals surface area contributed by atoms with E-state index < -0.39 is 0 Å². The fourth-order valence-electron chi connectivity index (χ4n) is 3.69. The normalized spacial score (nSPS) is 16.4. The number of pyridine rings is 1. The van der Waals surface area contributed by atoms with Gasteiger partial charge in [0, 0.05) is 25.6 Å². The van der Waals surface area contributed by atoms with Crippen molar-refractivity contribution in [1.29, 1.82) is 0 Å². The van der Waals surface area contributed by atoms with Crippen molar-refractivity contribution in [1.82, 2.24) is 9.88 Å². The molecule has 0 radical (unpaired) electrons. The molecule has 1 aromatic carbocycles. The van der Waals surface area contributed by atoms with Crippen molar-refractivity contribution >= 4 is 11.7 Å². The van der Waals surface area contributed by atoms with Crippen LogP contribution >= 0.6 is 0 Å². The molecule has 0 aliphatic carbocycles. The van der Waals surface area contributed by atoms with E-state index in [-0.39, 0.29) is 11.7 Å². The molecule has 0 saturated carbocycles. The summed E-state index contributed by atoms with van der Waals surface area (Å²) in [4.78, 5) is 18.3. The molecule has 1 amide bonds. The number of amides is 1. The molecule has 0 atom stereocenters. The van der Waals surface area contributed by atoms with Crippen molar-refractivity contribution in [2.24, 2.45) is 0 Å². The van der Waals surface area contributed by atoms with E-state index >= 15 is 0 Å². The van der Waals surface area contributed by atoms with Crippen LogP contribution in [0.3, 0.4) is 0 Å². The lowest BCUT2D eigenvalue weighted by Crippen LogP contribution is -2.31. The Bertz CT molecular complexity index is 840. The molecule has 1 N–H and O–H groups in total. The lowest BCUT2D eigenvalue weighted by Gasteiger charge is -2.28. The van der Waals surface area contributed by atoms with Gasteiger partial charge in [-0.15, -0.1) is 0 Å². The summed E-state index contributed by atoms with van der Waals surface area (Å²) in [5.74, 6) is 1.06. The van der Waals surface area contributed by atoms with Gasteiger partial charge in [-0.1, -0.05) is 6.07 Å². The van der Waals surface area contributed by atoms with Gasteiger partial charge < -0.3 is 10.1 Å². The van der Waals surface area contributed by atoms with Gasteiger partial charge in [0.05, 0.1) is 6.61 Å². The molecule has 6 heteroatoms. The Hall–Kier alpha value is -2.47. The van der Waals surface area contributed by atoms with Gasteiger partial charge >= 0.3 is 0 Å². The third kappa shape index (κ3) is 4.45. The number of rotatable bonds is 6. The maximum atomic E-state index is 13.3. The third-order valence-electron chi connectivity index (χ3n) is 5.21. The van der Waals surface area contributed by atoms with E-state index in [9.17, 15) is 9.18 Å². The molecule has 2 aromatic rings. The first-order chi connectivity index (χ1) is 13.2. The topological polar surface area (TPSA) is 54.5 Å². The van der Waals surface area contributed by atoms with E-state index in [1.165, 1.54) is 5.56 Å². The first kappa shape index (κ1) is 17.9.